The highest BCUT2D eigenvalue weighted by atomic mass is 16.2. The van der Waals surface area contributed by atoms with Crippen molar-refractivity contribution in [2.75, 3.05) is 13.1 Å². The van der Waals surface area contributed by atoms with E-state index in [2.05, 4.69) is 39.8 Å². The van der Waals surface area contributed by atoms with Crippen LogP contribution in [0, 0.1) is 0 Å². The van der Waals surface area contributed by atoms with E-state index in [1.807, 2.05) is 59.5 Å². The third-order valence-electron chi connectivity index (χ3n) is 7.13. The van der Waals surface area contributed by atoms with E-state index in [0.29, 0.717) is 25.3 Å². The lowest BCUT2D eigenvalue weighted by Gasteiger charge is -2.24. The van der Waals surface area contributed by atoms with E-state index in [4.69, 9.17) is 0 Å². The first-order chi connectivity index (χ1) is 17.2. The molecular weight excluding hydrogens is 436 g/mol. The zero-order valence-corrected chi connectivity index (χ0v) is 19.3. The number of rotatable bonds is 6. The highest BCUT2D eigenvalue weighted by Gasteiger charge is 2.30. The van der Waals surface area contributed by atoms with Crippen molar-refractivity contribution in [2.24, 2.45) is 0 Å². The molecule has 1 aliphatic heterocycles. The Balaban J connectivity index is 1.20. The van der Waals surface area contributed by atoms with Crippen molar-refractivity contribution in [1.82, 2.24) is 20.4 Å². The van der Waals surface area contributed by atoms with Crippen LogP contribution in [0.2, 0.25) is 0 Å². The molecule has 0 saturated heterocycles. The van der Waals surface area contributed by atoms with Gasteiger partial charge in [0.1, 0.15) is 5.69 Å². The fourth-order valence-corrected chi connectivity index (χ4v) is 5.29. The third-order valence-corrected chi connectivity index (χ3v) is 7.13. The molecule has 0 radical (unpaired) electrons. The zero-order chi connectivity index (χ0) is 23.8. The van der Waals surface area contributed by atoms with Crippen LogP contribution < -0.4 is 5.32 Å². The van der Waals surface area contributed by atoms with Gasteiger partial charge < -0.3 is 10.2 Å². The number of hydrogen-bond donors (Lipinski definition) is 2. The van der Waals surface area contributed by atoms with Crippen LogP contribution in [-0.4, -0.2) is 40.0 Å². The fraction of sp³-hybridized carbons (Fsp3) is 0.207. The molecule has 2 amide bonds. The molecule has 0 bridgehead atoms. The number of aromatic amines is 1. The summed E-state index contributed by atoms with van der Waals surface area (Å²) in [6, 6.07) is 26.1. The van der Waals surface area contributed by atoms with Gasteiger partial charge in [-0.15, -0.1) is 0 Å². The lowest BCUT2D eigenvalue weighted by Crippen LogP contribution is -2.36. The molecule has 2 heterocycles. The number of carbonyl (C=O) groups excluding carboxylic acids is 2. The lowest BCUT2D eigenvalue weighted by atomic mass is 9.89. The second-order valence-corrected chi connectivity index (χ2v) is 9.24. The van der Waals surface area contributed by atoms with E-state index in [1.54, 1.807) is 0 Å². The molecule has 1 aromatic heterocycles. The van der Waals surface area contributed by atoms with Crippen LogP contribution in [0.25, 0.3) is 11.3 Å². The van der Waals surface area contributed by atoms with Crippen LogP contribution in [-0.2, 0) is 19.4 Å². The summed E-state index contributed by atoms with van der Waals surface area (Å²) in [7, 11) is 0. The van der Waals surface area contributed by atoms with Gasteiger partial charge >= 0.3 is 0 Å². The molecule has 2 N–H and O–H groups in total. The Morgan fingerprint density at radius 1 is 0.914 bits per heavy atom. The lowest BCUT2D eigenvalue weighted by molar-refractivity contribution is 0.0767. The molecule has 4 aromatic rings. The van der Waals surface area contributed by atoms with E-state index in [9.17, 15) is 9.59 Å². The van der Waals surface area contributed by atoms with Gasteiger partial charge in [-0.1, -0.05) is 72.8 Å². The highest BCUT2D eigenvalue weighted by molar-refractivity contribution is 5.98. The highest BCUT2D eigenvalue weighted by Crippen LogP contribution is 2.33. The van der Waals surface area contributed by atoms with Gasteiger partial charge in [0, 0.05) is 42.2 Å². The Kier molecular flexibility index (Phi) is 5.41. The Labute approximate surface area is 204 Å². The molecule has 0 saturated carbocycles. The first-order valence-corrected chi connectivity index (χ1v) is 12.0. The number of hydrogen-bond acceptors (Lipinski definition) is 3. The van der Waals surface area contributed by atoms with Gasteiger partial charge in [0.15, 0.2) is 0 Å². The third kappa shape index (κ3) is 3.91. The van der Waals surface area contributed by atoms with E-state index in [1.165, 1.54) is 5.56 Å². The molecular formula is C29H26N4O2. The maximum atomic E-state index is 13.2. The van der Waals surface area contributed by atoms with Gasteiger partial charge in [-0.2, -0.15) is 5.10 Å². The average Bonchev–Trinajstić information content (AvgIpc) is 3.48. The largest absolute Gasteiger partial charge is 0.350 e. The number of nitrogens with one attached hydrogen (secondary N) is 2. The number of aryl methyl sites for hydroxylation is 1. The van der Waals surface area contributed by atoms with Crippen LogP contribution in [0.15, 0.2) is 78.9 Å². The topological polar surface area (TPSA) is 78.1 Å². The summed E-state index contributed by atoms with van der Waals surface area (Å²) in [6.07, 6.45) is 1.68. The Morgan fingerprint density at radius 2 is 1.63 bits per heavy atom. The van der Waals surface area contributed by atoms with E-state index in [-0.39, 0.29) is 17.7 Å². The van der Waals surface area contributed by atoms with Crippen LogP contribution in [0.5, 0.6) is 0 Å². The van der Waals surface area contributed by atoms with Crippen molar-refractivity contribution >= 4 is 11.8 Å². The first kappa shape index (κ1) is 21.4. The summed E-state index contributed by atoms with van der Waals surface area (Å²) in [6.45, 7) is 1.55. The number of nitrogens with zero attached hydrogens (tertiary/aromatic N) is 2. The van der Waals surface area contributed by atoms with Crippen LogP contribution in [0.3, 0.4) is 0 Å². The monoisotopic (exact) mass is 462 g/mol. The predicted molar refractivity (Wildman–Crippen MR) is 134 cm³/mol. The second kappa shape index (κ2) is 8.87. The quantitative estimate of drug-likeness (QED) is 0.447. The number of fused-ring (bicyclic) bond motifs is 4. The van der Waals surface area contributed by atoms with Crippen molar-refractivity contribution < 1.29 is 9.59 Å². The molecule has 3 aromatic carbocycles. The van der Waals surface area contributed by atoms with Gasteiger partial charge in [-0.25, -0.2) is 0 Å². The average molecular weight is 463 g/mol. The van der Waals surface area contributed by atoms with Crippen molar-refractivity contribution in [3.05, 3.63) is 112 Å². The van der Waals surface area contributed by atoms with Crippen LogP contribution >= 0.6 is 0 Å². The zero-order valence-electron chi connectivity index (χ0n) is 19.3. The molecule has 1 unspecified atom stereocenters. The van der Waals surface area contributed by atoms with Gasteiger partial charge in [0.2, 0.25) is 0 Å². The van der Waals surface area contributed by atoms with Crippen LogP contribution in [0.4, 0.5) is 0 Å². The second-order valence-electron chi connectivity index (χ2n) is 9.24. The number of amides is 2. The first-order valence-electron chi connectivity index (χ1n) is 12.0. The number of H-pyrrole nitrogens is 1. The molecule has 6 nitrogen and oxygen atoms in total. The maximum Gasteiger partial charge on any atom is 0.269 e. The Hall–Kier alpha value is -4.19. The van der Waals surface area contributed by atoms with E-state index in [0.717, 1.165) is 46.4 Å². The standard InChI is InChI=1S/C29H26N4O2/c34-28(27-25-15-14-20-10-4-6-12-23(20)26(25)31-32-27)30-16-22(19-8-2-1-3-9-19)18-33-17-21-11-5-7-13-24(21)29(33)35/h1-13,22H,14-18H2,(H,30,34)(H,31,32). The molecule has 0 spiro atoms. The van der Waals surface area contributed by atoms with Gasteiger partial charge in [-0.3, -0.25) is 14.7 Å². The summed E-state index contributed by atoms with van der Waals surface area (Å²) >= 11 is 0. The van der Waals surface area contributed by atoms with Gasteiger partial charge in [0.25, 0.3) is 11.8 Å². The predicted octanol–water partition coefficient (Wildman–Crippen LogP) is 4.34. The van der Waals surface area contributed by atoms with Gasteiger partial charge in [0.05, 0.1) is 5.69 Å². The SMILES string of the molecule is O=C(NCC(CN1Cc2ccccc2C1=O)c1ccccc1)c1[nH]nc2c1CCc1ccccc1-2. The molecule has 6 heteroatoms. The molecule has 1 aliphatic carbocycles. The van der Waals surface area contributed by atoms with E-state index >= 15 is 0 Å². The molecule has 6 rings (SSSR count). The summed E-state index contributed by atoms with van der Waals surface area (Å²) in [4.78, 5) is 28.1. The molecule has 1 atom stereocenters. The molecule has 35 heavy (non-hydrogen) atoms. The van der Waals surface area contributed by atoms with E-state index < -0.39 is 0 Å². The Morgan fingerprint density at radius 3 is 2.43 bits per heavy atom. The summed E-state index contributed by atoms with van der Waals surface area (Å²) in [5.41, 5.74) is 7.66. The fourth-order valence-electron chi connectivity index (χ4n) is 5.29. The van der Waals surface area contributed by atoms with Crippen molar-refractivity contribution in [2.45, 2.75) is 25.3 Å². The maximum absolute atomic E-state index is 13.2. The minimum Gasteiger partial charge on any atom is -0.350 e. The summed E-state index contributed by atoms with van der Waals surface area (Å²) in [5.74, 6) is -0.137. The van der Waals surface area contributed by atoms with Crippen molar-refractivity contribution in [1.29, 1.82) is 0 Å². The molecule has 174 valence electrons. The number of benzene rings is 3. The van der Waals surface area contributed by atoms with Gasteiger partial charge in [-0.05, 0) is 35.6 Å². The van der Waals surface area contributed by atoms with Crippen LogP contribution in [0.1, 0.15) is 49.0 Å². The summed E-state index contributed by atoms with van der Waals surface area (Å²) < 4.78 is 0. The van der Waals surface area contributed by atoms with Crippen molar-refractivity contribution in [3.8, 4) is 11.3 Å². The number of carbonyl (C=O) groups is 2. The molecule has 2 aliphatic rings. The minimum absolute atomic E-state index is 0.0297. The smallest absolute Gasteiger partial charge is 0.269 e. The Bertz CT molecular complexity index is 1410. The minimum atomic E-state index is -0.157. The summed E-state index contributed by atoms with van der Waals surface area (Å²) in [5, 5.41) is 10.6. The number of aromatic nitrogens is 2. The molecule has 0 fully saturated rings. The van der Waals surface area contributed by atoms with Crippen molar-refractivity contribution in [3.63, 3.8) is 0 Å². The normalized spacial score (nSPS) is 14.7.